The van der Waals surface area contributed by atoms with Gasteiger partial charge in [0.25, 0.3) is 0 Å². The van der Waals surface area contributed by atoms with E-state index in [2.05, 4.69) is 39.1 Å². The first-order valence-corrected chi connectivity index (χ1v) is 12.8. The number of fused-ring (bicyclic) bond motifs is 1. The standard InChI is InChI=1S/C27H34N6O4/c1-31(2)10-7-25(34)33-13-16-36-22(18-33)19-37-27-26-24(28-8-9-29-26)17-23(30-27)20-3-5-21(6-4-20)32-11-14-35-15-12-32/h3-6,8-9,17,22H,7,10-16,18-19H2,1-2H3. The van der Waals surface area contributed by atoms with Crippen LogP contribution in [0.2, 0.25) is 0 Å². The summed E-state index contributed by atoms with van der Waals surface area (Å²) in [6.45, 7) is 5.88. The predicted molar refractivity (Wildman–Crippen MR) is 141 cm³/mol. The molecule has 0 aliphatic carbocycles. The lowest BCUT2D eigenvalue weighted by molar-refractivity contribution is -0.140. The van der Waals surface area contributed by atoms with E-state index in [0.717, 1.165) is 44.1 Å². The maximum absolute atomic E-state index is 12.6. The zero-order chi connectivity index (χ0) is 25.6. The van der Waals surface area contributed by atoms with Crippen molar-refractivity contribution in [2.45, 2.75) is 12.5 Å². The SMILES string of the molecule is CN(C)CCC(=O)N1CCOC(COc2nc(-c3ccc(N4CCOCC4)cc3)cc3nccnc23)C1. The van der Waals surface area contributed by atoms with Crippen LogP contribution in [-0.2, 0) is 14.3 Å². The Labute approximate surface area is 217 Å². The number of morpholine rings is 2. The highest BCUT2D eigenvalue weighted by atomic mass is 16.5. The fourth-order valence-corrected chi connectivity index (χ4v) is 4.55. The molecule has 2 saturated heterocycles. The summed E-state index contributed by atoms with van der Waals surface area (Å²) in [5, 5.41) is 0. The average Bonchev–Trinajstić information content (AvgIpc) is 2.95. The summed E-state index contributed by atoms with van der Waals surface area (Å²) in [7, 11) is 3.94. The molecule has 2 fully saturated rings. The fourth-order valence-electron chi connectivity index (χ4n) is 4.55. The number of rotatable bonds is 8. The van der Waals surface area contributed by atoms with E-state index in [1.54, 1.807) is 12.4 Å². The normalized spacial score (nSPS) is 18.4. The van der Waals surface area contributed by atoms with Gasteiger partial charge in [0, 0.05) is 56.2 Å². The molecule has 1 atom stereocenters. The van der Waals surface area contributed by atoms with Gasteiger partial charge < -0.3 is 28.9 Å². The summed E-state index contributed by atoms with van der Waals surface area (Å²) >= 11 is 0. The van der Waals surface area contributed by atoms with Crippen molar-refractivity contribution in [1.29, 1.82) is 0 Å². The Kier molecular flexibility index (Phi) is 8.08. The highest BCUT2D eigenvalue weighted by molar-refractivity contribution is 5.83. The van der Waals surface area contributed by atoms with Crippen LogP contribution in [0.5, 0.6) is 5.88 Å². The first kappa shape index (κ1) is 25.3. The van der Waals surface area contributed by atoms with Crippen LogP contribution in [0, 0.1) is 0 Å². The number of amides is 1. The van der Waals surface area contributed by atoms with Crippen molar-refractivity contribution >= 4 is 22.6 Å². The molecule has 0 N–H and O–H groups in total. The number of aromatic nitrogens is 3. The lowest BCUT2D eigenvalue weighted by Gasteiger charge is -2.33. The molecule has 10 heteroatoms. The third-order valence-corrected chi connectivity index (χ3v) is 6.63. The maximum Gasteiger partial charge on any atom is 0.242 e. The van der Waals surface area contributed by atoms with Gasteiger partial charge in [-0.2, -0.15) is 0 Å². The third-order valence-electron chi connectivity index (χ3n) is 6.63. The quantitative estimate of drug-likeness (QED) is 0.455. The van der Waals surface area contributed by atoms with Crippen LogP contribution in [0.15, 0.2) is 42.7 Å². The van der Waals surface area contributed by atoms with Crippen molar-refractivity contribution in [2.75, 3.05) is 78.1 Å². The summed E-state index contributed by atoms with van der Waals surface area (Å²) in [5.41, 5.74) is 4.22. The van der Waals surface area contributed by atoms with E-state index in [0.29, 0.717) is 43.0 Å². The molecule has 0 spiro atoms. The number of carbonyl (C=O) groups is 1. The van der Waals surface area contributed by atoms with E-state index in [-0.39, 0.29) is 18.6 Å². The van der Waals surface area contributed by atoms with Crippen LogP contribution < -0.4 is 9.64 Å². The van der Waals surface area contributed by atoms with E-state index in [1.807, 2.05) is 30.0 Å². The topological polar surface area (TPSA) is 93.2 Å². The average molecular weight is 507 g/mol. The fraction of sp³-hybridized carbons (Fsp3) is 0.481. The van der Waals surface area contributed by atoms with Crippen LogP contribution in [0.4, 0.5) is 5.69 Å². The molecule has 2 aliphatic rings. The number of anilines is 1. The molecule has 2 aromatic heterocycles. The molecule has 1 amide bonds. The summed E-state index contributed by atoms with van der Waals surface area (Å²) in [5.74, 6) is 0.552. The largest absolute Gasteiger partial charge is 0.473 e. The van der Waals surface area contributed by atoms with Crippen molar-refractivity contribution in [2.24, 2.45) is 0 Å². The van der Waals surface area contributed by atoms with Crippen LogP contribution in [0.1, 0.15) is 6.42 Å². The number of nitrogens with zero attached hydrogens (tertiary/aromatic N) is 6. The third kappa shape index (κ3) is 6.33. The van der Waals surface area contributed by atoms with Gasteiger partial charge in [0.15, 0.2) is 5.52 Å². The van der Waals surface area contributed by atoms with Gasteiger partial charge in [0.1, 0.15) is 12.7 Å². The molecule has 1 unspecified atom stereocenters. The van der Waals surface area contributed by atoms with Crippen LogP contribution in [-0.4, -0.2) is 110 Å². The minimum atomic E-state index is -0.234. The lowest BCUT2D eigenvalue weighted by atomic mass is 10.1. The van der Waals surface area contributed by atoms with Crippen molar-refractivity contribution in [3.63, 3.8) is 0 Å². The van der Waals surface area contributed by atoms with Gasteiger partial charge in [-0.1, -0.05) is 12.1 Å². The maximum atomic E-state index is 12.6. The highest BCUT2D eigenvalue weighted by Crippen LogP contribution is 2.29. The molecule has 5 rings (SSSR count). The van der Waals surface area contributed by atoms with Crippen molar-refractivity contribution in [3.05, 3.63) is 42.7 Å². The molecule has 3 aromatic rings. The Hall–Kier alpha value is -3.34. The summed E-state index contributed by atoms with van der Waals surface area (Å²) in [4.78, 5) is 32.5. The first-order chi connectivity index (χ1) is 18.1. The summed E-state index contributed by atoms with van der Waals surface area (Å²) in [6.07, 6.45) is 3.56. The van der Waals surface area contributed by atoms with Crippen molar-refractivity contribution in [1.82, 2.24) is 24.8 Å². The van der Waals surface area contributed by atoms with Gasteiger partial charge in [-0.3, -0.25) is 9.78 Å². The molecule has 0 bridgehead atoms. The molecule has 4 heterocycles. The molecule has 10 nitrogen and oxygen atoms in total. The minimum absolute atomic E-state index is 0.138. The van der Waals surface area contributed by atoms with E-state index < -0.39 is 0 Å². The van der Waals surface area contributed by atoms with E-state index >= 15 is 0 Å². The van der Waals surface area contributed by atoms with Gasteiger partial charge in [-0.25, -0.2) is 9.97 Å². The zero-order valence-electron chi connectivity index (χ0n) is 21.5. The Morgan fingerprint density at radius 2 is 1.86 bits per heavy atom. The summed E-state index contributed by atoms with van der Waals surface area (Å²) < 4.78 is 17.5. The van der Waals surface area contributed by atoms with Crippen LogP contribution in [0.3, 0.4) is 0 Å². The molecule has 0 saturated carbocycles. The van der Waals surface area contributed by atoms with Gasteiger partial charge in [-0.15, -0.1) is 0 Å². The Morgan fingerprint density at radius 1 is 1.08 bits per heavy atom. The van der Waals surface area contributed by atoms with Gasteiger partial charge in [-0.05, 0) is 32.3 Å². The number of hydrogen-bond donors (Lipinski definition) is 0. The van der Waals surface area contributed by atoms with Crippen LogP contribution in [0.25, 0.3) is 22.3 Å². The second kappa shape index (κ2) is 11.8. The number of ether oxygens (including phenoxy) is 3. The molecule has 0 radical (unpaired) electrons. The lowest BCUT2D eigenvalue weighted by Crippen LogP contribution is -2.48. The van der Waals surface area contributed by atoms with E-state index in [1.165, 1.54) is 5.69 Å². The molecule has 196 valence electrons. The van der Waals surface area contributed by atoms with Crippen molar-refractivity contribution in [3.8, 4) is 17.1 Å². The second-order valence-corrected chi connectivity index (χ2v) is 9.58. The number of pyridine rings is 1. The molecule has 37 heavy (non-hydrogen) atoms. The van der Waals surface area contributed by atoms with E-state index in [9.17, 15) is 4.79 Å². The summed E-state index contributed by atoms with van der Waals surface area (Å²) in [6, 6.07) is 10.3. The zero-order valence-corrected chi connectivity index (χ0v) is 21.5. The Bertz CT molecular complexity index is 1200. The molecule has 1 aromatic carbocycles. The molecule has 2 aliphatic heterocycles. The molecular weight excluding hydrogens is 472 g/mol. The highest BCUT2D eigenvalue weighted by Gasteiger charge is 2.25. The Balaban J connectivity index is 1.30. The second-order valence-electron chi connectivity index (χ2n) is 9.58. The number of benzene rings is 1. The van der Waals surface area contributed by atoms with Crippen LogP contribution >= 0.6 is 0 Å². The van der Waals surface area contributed by atoms with E-state index in [4.69, 9.17) is 19.2 Å². The van der Waals surface area contributed by atoms with Crippen molar-refractivity contribution < 1.29 is 19.0 Å². The predicted octanol–water partition coefficient (Wildman–Crippen LogP) is 2.09. The molecular formula is C27H34N6O4. The van der Waals surface area contributed by atoms with Gasteiger partial charge in [0.2, 0.25) is 11.8 Å². The minimum Gasteiger partial charge on any atom is -0.473 e. The first-order valence-electron chi connectivity index (χ1n) is 12.8. The monoisotopic (exact) mass is 506 g/mol. The number of hydrogen-bond acceptors (Lipinski definition) is 9. The number of carbonyl (C=O) groups excluding carboxylic acids is 1. The Morgan fingerprint density at radius 3 is 2.65 bits per heavy atom. The van der Waals surface area contributed by atoms with Gasteiger partial charge in [0.05, 0.1) is 37.6 Å². The van der Waals surface area contributed by atoms with Gasteiger partial charge >= 0.3 is 0 Å². The smallest absolute Gasteiger partial charge is 0.242 e.